The van der Waals surface area contributed by atoms with E-state index in [1.807, 2.05) is 12.1 Å². The van der Waals surface area contributed by atoms with Crippen LogP contribution < -0.4 is 10.2 Å². The summed E-state index contributed by atoms with van der Waals surface area (Å²) in [5.74, 6) is 0. The maximum atomic E-state index is 10.9. The number of nitro benzene ring substituents is 1. The van der Waals surface area contributed by atoms with Crippen LogP contribution in [0.4, 0.5) is 11.4 Å². The topological polar surface area (TPSA) is 58.4 Å². The molecule has 3 rings (SSSR count). The van der Waals surface area contributed by atoms with Gasteiger partial charge in [0.15, 0.2) is 0 Å². The fourth-order valence-electron chi connectivity index (χ4n) is 2.82. The molecule has 1 saturated carbocycles. The number of benzene rings is 1. The van der Waals surface area contributed by atoms with Gasteiger partial charge in [-0.3, -0.25) is 10.1 Å². The Labute approximate surface area is 132 Å². The van der Waals surface area contributed by atoms with Crippen molar-refractivity contribution in [2.24, 2.45) is 0 Å². The number of halogens is 1. The SMILES string of the molecule is O=[N+]([O-])c1ccc(N(CC2CCCN2)C2CC2)cc1I. The van der Waals surface area contributed by atoms with E-state index in [4.69, 9.17) is 0 Å². The predicted octanol–water partition coefficient (Wildman–Crippen LogP) is 2.92. The molecule has 1 aromatic rings. The van der Waals surface area contributed by atoms with Crippen LogP contribution in [0.5, 0.6) is 0 Å². The van der Waals surface area contributed by atoms with Gasteiger partial charge in [0, 0.05) is 30.4 Å². The first-order chi connectivity index (χ1) is 9.65. The average molecular weight is 387 g/mol. The molecule has 1 atom stereocenters. The zero-order valence-corrected chi connectivity index (χ0v) is 13.4. The second-order valence-electron chi connectivity index (χ2n) is 5.57. The average Bonchev–Trinajstić information content (AvgIpc) is 3.12. The molecule has 5 nitrogen and oxygen atoms in total. The fourth-order valence-corrected chi connectivity index (χ4v) is 3.52. The number of hydrogen-bond acceptors (Lipinski definition) is 4. The summed E-state index contributed by atoms with van der Waals surface area (Å²) in [4.78, 5) is 13.0. The summed E-state index contributed by atoms with van der Waals surface area (Å²) in [5.41, 5.74) is 1.32. The van der Waals surface area contributed by atoms with Crippen molar-refractivity contribution in [3.63, 3.8) is 0 Å². The number of nitro groups is 1. The Kier molecular flexibility index (Phi) is 4.11. The van der Waals surface area contributed by atoms with Crippen molar-refractivity contribution in [2.75, 3.05) is 18.0 Å². The largest absolute Gasteiger partial charge is 0.367 e. The lowest BCUT2D eigenvalue weighted by atomic mass is 10.2. The first-order valence-electron chi connectivity index (χ1n) is 7.09. The molecule has 1 heterocycles. The van der Waals surface area contributed by atoms with E-state index in [2.05, 4.69) is 32.8 Å². The Morgan fingerprint density at radius 3 is 2.75 bits per heavy atom. The van der Waals surface area contributed by atoms with Gasteiger partial charge in [-0.25, -0.2) is 0 Å². The summed E-state index contributed by atoms with van der Waals surface area (Å²) in [6.45, 7) is 2.12. The van der Waals surface area contributed by atoms with Gasteiger partial charge in [-0.05, 0) is 67.0 Å². The molecule has 1 aliphatic carbocycles. The van der Waals surface area contributed by atoms with Crippen molar-refractivity contribution < 1.29 is 4.92 Å². The van der Waals surface area contributed by atoms with E-state index in [1.54, 1.807) is 6.07 Å². The Morgan fingerprint density at radius 2 is 2.20 bits per heavy atom. The van der Waals surface area contributed by atoms with Gasteiger partial charge >= 0.3 is 0 Å². The second-order valence-corrected chi connectivity index (χ2v) is 6.73. The maximum Gasteiger partial charge on any atom is 0.282 e. The fraction of sp³-hybridized carbons (Fsp3) is 0.571. The van der Waals surface area contributed by atoms with Crippen LogP contribution in [-0.4, -0.2) is 30.1 Å². The summed E-state index contributed by atoms with van der Waals surface area (Å²) in [5, 5.41) is 14.4. The molecule has 0 amide bonds. The Balaban J connectivity index is 1.80. The minimum absolute atomic E-state index is 0.198. The highest BCUT2D eigenvalue weighted by Crippen LogP contribution is 2.34. The molecule has 2 aliphatic rings. The highest BCUT2D eigenvalue weighted by atomic mass is 127. The van der Waals surface area contributed by atoms with Crippen LogP contribution in [0.2, 0.25) is 0 Å². The second kappa shape index (κ2) is 5.85. The van der Waals surface area contributed by atoms with Gasteiger partial charge < -0.3 is 10.2 Å². The first kappa shape index (κ1) is 14.1. The number of anilines is 1. The molecule has 0 bridgehead atoms. The lowest BCUT2D eigenvalue weighted by Gasteiger charge is -2.28. The van der Waals surface area contributed by atoms with Crippen LogP contribution >= 0.6 is 22.6 Å². The molecule has 6 heteroatoms. The molecule has 0 radical (unpaired) electrons. The predicted molar refractivity (Wildman–Crippen MR) is 87.2 cm³/mol. The van der Waals surface area contributed by atoms with Crippen molar-refractivity contribution in [3.8, 4) is 0 Å². The van der Waals surface area contributed by atoms with E-state index >= 15 is 0 Å². The van der Waals surface area contributed by atoms with E-state index < -0.39 is 0 Å². The molecule has 1 aliphatic heterocycles. The van der Waals surface area contributed by atoms with Crippen molar-refractivity contribution in [1.29, 1.82) is 0 Å². The molecule has 1 aromatic carbocycles. The molecule has 0 spiro atoms. The van der Waals surface area contributed by atoms with Crippen molar-refractivity contribution in [3.05, 3.63) is 31.9 Å². The van der Waals surface area contributed by atoms with E-state index in [9.17, 15) is 10.1 Å². The third kappa shape index (κ3) is 3.06. The molecule has 1 saturated heterocycles. The van der Waals surface area contributed by atoms with Crippen molar-refractivity contribution >= 4 is 34.0 Å². The minimum atomic E-state index is -0.314. The monoisotopic (exact) mass is 387 g/mol. The van der Waals surface area contributed by atoms with E-state index in [0.717, 1.165) is 22.3 Å². The zero-order chi connectivity index (χ0) is 14.1. The van der Waals surface area contributed by atoms with Crippen LogP contribution in [0.3, 0.4) is 0 Å². The zero-order valence-electron chi connectivity index (χ0n) is 11.2. The van der Waals surface area contributed by atoms with Gasteiger partial charge in [0.2, 0.25) is 0 Å². The highest BCUT2D eigenvalue weighted by Gasteiger charge is 2.32. The number of nitrogens with one attached hydrogen (secondary N) is 1. The molecule has 108 valence electrons. The molecular formula is C14H18IN3O2. The van der Waals surface area contributed by atoms with Crippen LogP contribution in [0, 0.1) is 13.7 Å². The summed E-state index contributed by atoms with van der Waals surface area (Å²) < 4.78 is 0.718. The lowest BCUT2D eigenvalue weighted by Crippen LogP contribution is -2.39. The summed E-state index contributed by atoms with van der Waals surface area (Å²) in [7, 11) is 0. The van der Waals surface area contributed by atoms with Gasteiger partial charge in [-0.15, -0.1) is 0 Å². The Morgan fingerprint density at radius 1 is 1.40 bits per heavy atom. The van der Waals surface area contributed by atoms with Crippen LogP contribution in [0.1, 0.15) is 25.7 Å². The van der Waals surface area contributed by atoms with Gasteiger partial charge in [0.1, 0.15) is 0 Å². The molecular weight excluding hydrogens is 369 g/mol. The summed E-state index contributed by atoms with van der Waals surface area (Å²) >= 11 is 2.06. The van der Waals surface area contributed by atoms with Gasteiger partial charge in [0.25, 0.3) is 5.69 Å². The number of hydrogen-bond donors (Lipinski definition) is 1. The summed E-state index contributed by atoms with van der Waals surface area (Å²) in [6, 6.07) is 6.66. The molecule has 1 N–H and O–H groups in total. The van der Waals surface area contributed by atoms with Crippen molar-refractivity contribution in [1.82, 2.24) is 5.32 Å². The standard InChI is InChI=1S/C14H18IN3O2/c15-13-8-12(5-6-14(13)18(19)20)17(11-3-4-11)9-10-2-1-7-16-10/h5-6,8,10-11,16H,1-4,7,9H2. The van der Waals surface area contributed by atoms with E-state index in [-0.39, 0.29) is 10.6 Å². The van der Waals surface area contributed by atoms with E-state index in [0.29, 0.717) is 12.1 Å². The first-order valence-corrected chi connectivity index (χ1v) is 8.17. The van der Waals surface area contributed by atoms with Crippen LogP contribution in [0.25, 0.3) is 0 Å². The third-order valence-corrected chi connectivity index (χ3v) is 4.89. The maximum absolute atomic E-state index is 10.9. The minimum Gasteiger partial charge on any atom is -0.367 e. The quantitative estimate of drug-likeness (QED) is 0.480. The van der Waals surface area contributed by atoms with E-state index in [1.165, 1.54) is 25.7 Å². The smallest absolute Gasteiger partial charge is 0.282 e. The third-order valence-electron chi connectivity index (χ3n) is 4.03. The molecule has 1 unspecified atom stereocenters. The van der Waals surface area contributed by atoms with Gasteiger partial charge in [0.05, 0.1) is 8.49 Å². The number of nitrogens with zero attached hydrogens (tertiary/aromatic N) is 2. The van der Waals surface area contributed by atoms with Gasteiger partial charge in [-0.2, -0.15) is 0 Å². The lowest BCUT2D eigenvalue weighted by molar-refractivity contribution is -0.385. The van der Waals surface area contributed by atoms with Crippen LogP contribution in [0.15, 0.2) is 18.2 Å². The van der Waals surface area contributed by atoms with Crippen molar-refractivity contribution in [2.45, 2.75) is 37.8 Å². The normalized spacial score (nSPS) is 21.9. The van der Waals surface area contributed by atoms with Crippen LogP contribution in [-0.2, 0) is 0 Å². The molecule has 20 heavy (non-hydrogen) atoms. The number of rotatable bonds is 5. The highest BCUT2D eigenvalue weighted by molar-refractivity contribution is 14.1. The Hall–Kier alpha value is -0.890. The summed E-state index contributed by atoms with van der Waals surface area (Å²) in [6.07, 6.45) is 4.95. The molecule has 0 aromatic heterocycles. The Bertz CT molecular complexity index is 513. The van der Waals surface area contributed by atoms with Gasteiger partial charge in [-0.1, -0.05) is 0 Å². The molecule has 2 fully saturated rings.